The van der Waals surface area contributed by atoms with Crippen LogP contribution in [0.15, 0.2) is 0 Å². The van der Waals surface area contributed by atoms with Crippen molar-refractivity contribution in [1.29, 1.82) is 0 Å². The molecule has 4 amide bonds. The smallest absolute Gasteiger partial charge is 0.325 e. The van der Waals surface area contributed by atoms with Gasteiger partial charge in [-0.2, -0.15) is 0 Å². The highest BCUT2D eigenvalue weighted by Crippen LogP contribution is 2.09. The highest BCUT2D eigenvalue weighted by Gasteiger charge is 2.44. The predicted molar refractivity (Wildman–Crippen MR) is 55.9 cm³/mol. The number of hydrogen-bond donors (Lipinski definition) is 1. The number of hydrogen-bond acceptors (Lipinski definition) is 4. The molecule has 0 radical (unpaired) electrons. The fraction of sp³-hybridized carbons (Fsp3) is 0.600. The third-order valence-corrected chi connectivity index (χ3v) is 2.43. The van der Waals surface area contributed by atoms with Gasteiger partial charge in [0.15, 0.2) is 0 Å². The summed E-state index contributed by atoms with van der Waals surface area (Å²) in [7, 11) is 0. The molecule has 0 spiro atoms. The van der Waals surface area contributed by atoms with Crippen molar-refractivity contribution in [1.82, 2.24) is 5.32 Å². The molecule has 0 saturated heterocycles. The lowest BCUT2D eigenvalue weighted by Gasteiger charge is -2.27. The van der Waals surface area contributed by atoms with Gasteiger partial charge in [-0.05, 0) is 0 Å². The summed E-state index contributed by atoms with van der Waals surface area (Å²) in [6.07, 6.45) is 0. The number of imide groups is 3. The van der Waals surface area contributed by atoms with Crippen LogP contribution in [0.25, 0.3) is 0 Å². The van der Waals surface area contributed by atoms with Gasteiger partial charge >= 0.3 is 17.7 Å². The normalized spacial score (nSPS) is 10.8. The van der Waals surface area contributed by atoms with Crippen LogP contribution in [-0.2, 0) is 19.2 Å². The Bertz CT molecular complexity index is 300. The predicted octanol–water partition coefficient (Wildman–Crippen LogP) is -0.421. The van der Waals surface area contributed by atoms with Crippen molar-refractivity contribution in [3.63, 3.8) is 0 Å². The summed E-state index contributed by atoms with van der Waals surface area (Å²) in [5.41, 5.74) is 0. The van der Waals surface area contributed by atoms with Gasteiger partial charge < -0.3 is 5.32 Å². The van der Waals surface area contributed by atoms with E-state index in [1.165, 1.54) is 27.7 Å². The van der Waals surface area contributed by atoms with E-state index in [4.69, 9.17) is 0 Å². The number of nitrogens with one attached hydrogen (secondary N) is 1. The maximum atomic E-state index is 11.4. The molecule has 0 bridgehead atoms. The van der Waals surface area contributed by atoms with E-state index in [2.05, 4.69) is 5.32 Å². The molecule has 0 fully saturated rings. The lowest BCUT2D eigenvalue weighted by molar-refractivity contribution is -0.699. The van der Waals surface area contributed by atoms with Crippen LogP contribution in [0, 0.1) is 0 Å². The number of quaternary nitrogens is 1. The number of carbonyl (C=O) groups excluding carboxylic acids is 4. The van der Waals surface area contributed by atoms with Crippen molar-refractivity contribution in [2.24, 2.45) is 0 Å². The van der Waals surface area contributed by atoms with E-state index < -0.39 is 22.2 Å². The van der Waals surface area contributed by atoms with Crippen molar-refractivity contribution in [2.75, 3.05) is 13.1 Å². The van der Waals surface area contributed by atoms with Gasteiger partial charge in [-0.1, -0.05) is 0 Å². The first-order valence-electron chi connectivity index (χ1n) is 4.91. The van der Waals surface area contributed by atoms with Crippen LogP contribution in [0.3, 0.4) is 0 Å². The van der Waals surface area contributed by atoms with Gasteiger partial charge in [0.1, 0.15) is 6.54 Å². The SMILES string of the molecule is CC(=O)NCC[N+](C(C)=O)(C(C)=O)C(C)=O. The Hall–Kier alpha value is -1.56. The zero-order valence-electron chi connectivity index (χ0n) is 9.99. The lowest BCUT2D eigenvalue weighted by atomic mass is 10.3. The average molecular weight is 229 g/mol. The highest BCUT2D eigenvalue weighted by molar-refractivity contribution is 5.95. The maximum Gasteiger partial charge on any atom is 0.325 e. The van der Waals surface area contributed by atoms with Crippen LogP contribution >= 0.6 is 0 Å². The lowest BCUT2D eigenvalue weighted by Crippen LogP contribution is -2.60. The molecule has 0 aliphatic rings. The highest BCUT2D eigenvalue weighted by atomic mass is 16.2. The summed E-state index contributed by atoms with van der Waals surface area (Å²) < 4.78 is -0.861. The fourth-order valence-electron chi connectivity index (χ4n) is 1.54. The van der Waals surface area contributed by atoms with Gasteiger partial charge in [-0.15, -0.1) is 4.48 Å². The molecule has 0 aromatic heterocycles. The van der Waals surface area contributed by atoms with E-state index >= 15 is 0 Å². The van der Waals surface area contributed by atoms with Crippen molar-refractivity contribution >= 4 is 23.6 Å². The first kappa shape index (κ1) is 14.4. The second kappa shape index (κ2) is 5.50. The third-order valence-electron chi connectivity index (χ3n) is 2.43. The number of carbonyl (C=O) groups is 4. The molecule has 16 heavy (non-hydrogen) atoms. The van der Waals surface area contributed by atoms with Gasteiger partial charge in [-0.25, -0.2) is 14.4 Å². The Kier molecular flexibility index (Phi) is 4.97. The summed E-state index contributed by atoms with van der Waals surface area (Å²) in [6, 6.07) is 0. The molecule has 0 aromatic rings. The van der Waals surface area contributed by atoms with Crippen molar-refractivity contribution in [2.45, 2.75) is 27.7 Å². The van der Waals surface area contributed by atoms with Crippen molar-refractivity contribution in [3.05, 3.63) is 0 Å². The first-order chi connectivity index (χ1) is 7.25. The Morgan fingerprint density at radius 1 is 0.875 bits per heavy atom. The minimum absolute atomic E-state index is 0.0421. The minimum atomic E-state index is -0.861. The fourth-order valence-corrected chi connectivity index (χ4v) is 1.54. The molecule has 0 aromatic carbocycles. The van der Waals surface area contributed by atoms with Crippen LogP contribution in [0.4, 0.5) is 0 Å². The largest absolute Gasteiger partial charge is 0.351 e. The standard InChI is InChI=1S/C10H16N2O4/c1-7(13)11-5-6-12(8(2)14,9(3)15)10(4)16/h5-6H2,1-4H3/p+1. The minimum Gasteiger partial charge on any atom is -0.351 e. The van der Waals surface area contributed by atoms with E-state index in [9.17, 15) is 19.2 Å². The summed E-state index contributed by atoms with van der Waals surface area (Å²) in [6.45, 7) is 4.96. The van der Waals surface area contributed by atoms with Gasteiger partial charge in [0.05, 0.1) is 27.3 Å². The number of amides is 4. The molecule has 6 heteroatoms. The molecule has 0 heterocycles. The molecule has 0 saturated carbocycles. The van der Waals surface area contributed by atoms with E-state index in [1.54, 1.807) is 0 Å². The third kappa shape index (κ3) is 2.96. The van der Waals surface area contributed by atoms with E-state index in [-0.39, 0.29) is 19.0 Å². The molecule has 0 aliphatic heterocycles. The quantitative estimate of drug-likeness (QED) is 0.666. The second-order valence-electron chi connectivity index (χ2n) is 3.57. The number of nitrogens with zero attached hydrogens (tertiary/aromatic N) is 1. The summed E-state index contributed by atoms with van der Waals surface area (Å²) in [5.74, 6) is -1.88. The van der Waals surface area contributed by atoms with Gasteiger partial charge in [-0.3, -0.25) is 4.79 Å². The van der Waals surface area contributed by atoms with Gasteiger partial charge in [0.2, 0.25) is 5.91 Å². The molecule has 0 aliphatic carbocycles. The number of rotatable bonds is 3. The topological polar surface area (TPSA) is 80.3 Å². The average Bonchev–Trinajstić information content (AvgIpc) is 2.09. The van der Waals surface area contributed by atoms with Crippen molar-refractivity contribution < 1.29 is 23.7 Å². The van der Waals surface area contributed by atoms with Crippen LogP contribution < -0.4 is 5.32 Å². The van der Waals surface area contributed by atoms with E-state index in [0.29, 0.717) is 0 Å². The molecule has 0 unspecified atom stereocenters. The maximum absolute atomic E-state index is 11.4. The molecule has 90 valence electrons. The molecule has 0 rings (SSSR count). The Labute approximate surface area is 94.2 Å². The zero-order chi connectivity index (χ0) is 12.9. The molecular weight excluding hydrogens is 212 g/mol. The van der Waals surface area contributed by atoms with Gasteiger partial charge in [0, 0.05) is 6.92 Å². The zero-order valence-corrected chi connectivity index (χ0v) is 9.99. The van der Waals surface area contributed by atoms with Gasteiger partial charge in [0.25, 0.3) is 0 Å². The summed E-state index contributed by atoms with van der Waals surface area (Å²) in [5, 5.41) is 2.45. The van der Waals surface area contributed by atoms with Crippen LogP contribution in [0.1, 0.15) is 27.7 Å². The molecule has 1 N–H and O–H groups in total. The van der Waals surface area contributed by atoms with Crippen LogP contribution in [-0.4, -0.2) is 41.2 Å². The molecular formula is C10H17N2O4+. The Morgan fingerprint density at radius 2 is 1.25 bits per heavy atom. The Balaban J connectivity index is 4.92. The second-order valence-corrected chi connectivity index (χ2v) is 3.57. The van der Waals surface area contributed by atoms with Crippen LogP contribution in [0.5, 0.6) is 0 Å². The molecule has 0 atom stereocenters. The summed E-state index contributed by atoms with van der Waals surface area (Å²) in [4.78, 5) is 45.0. The van der Waals surface area contributed by atoms with Crippen molar-refractivity contribution in [3.8, 4) is 0 Å². The first-order valence-corrected chi connectivity index (χ1v) is 4.91. The van der Waals surface area contributed by atoms with Crippen LogP contribution in [0.2, 0.25) is 0 Å². The summed E-state index contributed by atoms with van der Waals surface area (Å²) >= 11 is 0. The van der Waals surface area contributed by atoms with E-state index in [0.717, 1.165) is 0 Å². The Morgan fingerprint density at radius 3 is 1.50 bits per heavy atom. The monoisotopic (exact) mass is 229 g/mol. The molecule has 6 nitrogen and oxygen atoms in total. The van der Waals surface area contributed by atoms with E-state index in [1.807, 2.05) is 0 Å².